The van der Waals surface area contributed by atoms with Gasteiger partial charge in [0, 0.05) is 23.2 Å². The van der Waals surface area contributed by atoms with E-state index in [2.05, 4.69) is 27.0 Å². The number of hydrogen-bond acceptors (Lipinski definition) is 4. The smallest absolute Gasteiger partial charge is 0.262 e. The minimum Gasteiger partial charge on any atom is -0.277 e. The van der Waals surface area contributed by atoms with Crippen LogP contribution in [-0.4, -0.2) is 23.6 Å². The van der Waals surface area contributed by atoms with Crippen LogP contribution in [0.2, 0.25) is 0 Å². The van der Waals surface area contributed by atoms with E-state index in [-0.39, 0.29) is 0 Å². The summed E-state index contributed by atoms with van der Waals surface area (Å²) in [4.78, 5) is 3.29. The van der Waals surface area contributed by atoms with Crippen molar-refractivity contribution in [3.63, 3.8) is 0 Å². The summed E-state index contributed by atoms with van der Waals surface area (Å²) in [5, 5.41) is 7.09. The average molecular weight is 446 g/mol. The Morgan fingerprint density at radius 3 is 2.42 bits per heavy atom. The predicted molar refractivity (Wildman–Crippen MR) is 103 cm³/mol. The largest absolute Gasteiger partial charge is 0.277 e. The van der Waals surface area contributed by atoms with Crippen LogP contribution in [0.1, 0.15) is 11.1 Å². The highest BCUT2D eigenvalue weighted by molar-refractivity contribution is 7.92. The van der Waals surface area contributed by atoms with Crippen LogP contribution in [-0.2, 0) is 10.0 Å². The van der Waals surface area contributed by atoms with Gasteiger partial charge in [0.15, 0.2) is 11.5 Å². The van der Waals surface area contributed by atoms with Gasteiger partial charge in [-0.25, -0.2) is 31.0 Å². The molecule has 0 amide bonds. The molecule has 0 saturated heterocycles. The molecule has 156 valence electrons. The highest BCUT2D eigenvalue weighted by Crippen LogP contribution is 2.24. The third kappa shape index (κ3) is 4.19. The SMILES string of the molecule is O=S(=O)(Nc1ccc(F)c(C#Cc2cnc3[nH]ncc3c2)c1F)c1cc(F)cc(F)c1. The summed E-state index contributed by atoms with van der Waals surface area (Å²) in [6, 6.07) is 4.86. The third-order valence-corrected chi connectivity index (χ3v) is 5.45. The van der Waals surface area contributed by atoms with Gasteiger partial charge in [0.2, 0.25) is 0 Å². The lowest BCUT2D eigenvalue weighted by Gasteiger charge is -2.10. The van der Waals surface area contributed by atoms with Gasteiger partial charge in [0.1, 0.15) is 17.5 Å². The Morgan fingerprint density at radius 1 is 0.935 bits per heavy atom. The molecule has 0 unspecified atom stereocenters. The maximum Gasteiger partial charge on any atom is 0.262 e. The number of benzene rings is 2. The van der Waals surface area contributed by atoms with Crippen molar-refractivity contribution in [1.29, 1.82) is 0 Å². The van der Waals surface area contributed by atoms with Gasteiger partial charge >= 0.3 is 0 Å². The first-order chi connectivity index (χ1) is 14.7. The Hall–Kier alpha value is -3.91. The number of pyridine rings is 1. The van der Waals surface area contributed by atoms with E-state index in [4.69, 9.17) is 0 Å². The lowest BCUT2D eigenvalue weighted by molar-refractivity contribution is 0.567. The van der Waals surface area contributed by atoms with Gasteiger partial charge in [-0.1, -0.05) is 11.8 Å². The molecule has 0 aliphatic carbocycles. The van der Waals surface area contributed by atoms with Crippen molar-refractivity contribution >= 4 is 26.7 Å². The summed E-state index contributed by atoms with van der Waals surface area (Å²) in [6.45, 7) is 0. The molecule has 6 nitrogen and oxygen atoms in total. The molecule has 4 rings (SSSR count). The monoisotopic (exact) mass is 446 g/mol. The second-order valence-electron chi connectivity index (χ2n) is 6.28. The van der Waals surface area contributed by atoms with Gasteiger partial charge in [0.25, 0.3) is 10.0 Å². The molecular formula is C20H10F4N4O2S. The van der Waals surface area contributed by atoms with Gasteiger partial charge in [-0.15, -0.1) is 0 Å². The Bertz CT molecular complexity index is 1470. The van der Waals surface area contributed by atoms with Crippen LogP contribution < -0.4 is 4.72 Å². The molecule has 0 aliphatic heterocycles. The van der Waals surface area contributed by atoms with Crippen molar-refractivity contribution in [1.82, 2.24) is 15.2 Å². The summed E-state index contributed by atoms with van der Waals surface area (Å²) < 4.78 is 82.2. The molecule has 31 heavy (non-hydrogen) atoms. The predicted octanol–water partition coefficient (Wildman–Crippen LogP) is 3.71. The molecule has 2 aromatic heterocycles. The number of aromatic amines is 1. The molecule has 0 aliphatic rings. The first-order valence-corrected chi connectivity index (χ1v) is 9.99. The van der Waals surface area contributed by atoms with Crippen molar-refractivity contribution < 1.29 is 26.0 Å². The molecule has 0 bridgehead atoms. The number of aromatic nitrogens is 3. The Balaban J connectivity index is 1.69. The highest BCUT2D eigenvalue weighted by Gasteiger charge is 2.21. The number of nitrogens with one attached hydrogen (secondary N) is 2. The molecule has 0 radical (unpaired) electrons. The number of halogens is 4. The molecule has 2 aromatic carbocycles. The lowest BCUT2D eigenvalue weighted by atomic mass is 10.1. The van der Waals surface area contributed by atoms with Crippen LogP contribution in [0.5, 0.6) is 0 Å². The fourth-order valence-electron chi connectivity index (χ4n) is 2.67. The van der Waals surface area contributed by atoms with Crippen LogP contribution >= 0.6 is 0 Å². The fourth-order valence-corrected chi connectivity index (χ4v) is 3.77. The summed E-state index contributed by atoms with van der Waals surface area (Å²) in [6.07, 6.45) is 2.87. The maximum absolute atomic E-state index is 14.8. The zero-order valence-electron chi connectivity index (χ0n) is 15.2. The number of nitrogens with zero attached hydrogens (tertiary/aromatic N) is 2. The second-order valence-corrected chi connectivity index (χ2v) is 7.96. The number of H-pyrrole nitrogens is 1. The summed E-state index contributed by atoms with van der Waals surface area (Å²) in [5.41, 5.74) is -0.487. The molecule has 0 spiro atoms. The van der Waals surface area contributed by atoms with E-state index in [1.165, 1.54) is 12.4 Å². The van der Waals surface area contributed by atoms with Crippen molar-refractivity contribution in [2.75, 3.05) is 4.72 Å². The van der Waals surface area contributed by atoms with Crippen molar-refractivity contribution in [3.8, 4) is 11.8 Å². The zero-order valence-corrected chi connectivity index (χ0v) is 16.1. The van der Waals surface area contributed by atoms with Gasteiger partial charge < -0.3 is 0 Å². The fraction of sp³-hybridized carbons (Fsp3) is 0. The van der Waals surface area contributed by atoms with Gasteiger partial charge in [-0.3, -0.25) is 9.82 Å². The summed E-state index contributed by atoms with van der Waals surface area (Å²) >= 11 is 0. The third-order valence-electron chi connectivity index (χ3n) is 4.10. The van der Waals surface area contributed by atoms with E-state index in [1.54, 1.807) is 6.07 Å². The number of fused-ring (bicyclic) bond motifs is 1. The molecule has 2 N–H and O–H groups in total. The molecule has 0 saturated carbocycles. The number of sulfonamides is 1. The van der Waals surface area contributed by atoms with Crippen LogP contribution in [0.4, 0.5) is 23.2 Å². The first kappa shape index (κ1) is 20.4. The van der Waals surface area contributed by atoms with Gasteiger partial charge in [-0.05, 0) is 30.3 Å². The molecule has 0 fully saturated rings. The standard InChI is InChI=1S/C20H10F4N4O2S/c21-13-6-14(22)8-15(7-13)31(29,30)28-18-4-3-17(23)16(19(18)24)2-1-11-5-12-10-26-27-20(12)25-9-11/h3-10,28H,(H,25,26,27). The second kappa shape index (κ2) is 7.73. The summed E-state index contributed by atoms with van der Waals surface area (Å²) in [7, 11) is -4.56. The maximum atomic E-state index is 14.8. The summed E-state index contributed by atoms with van der Waals surface area (Å²) in [5.74, 6) is 0.291. The van der Waals surface area contributed by atoms with Crippen molar-refractivity contribution in [2.24, 2.45) is 0 Å². The van der Waals surface area contributed by atoms with E-state index in [1.807, 2.05) is 4.72 Å². The Labute approximate surface area is 173 Å². The van der Waals surface area contributed by atoms with Gasteiger partial charge in [-0.2, -0.15) is 5.10 Å². The minimum atomic E-state index is -4.56. The zero-order chi connectivity index (χ0) is 22.2. The number of anilines is 1. The number of hydrogen-bond donors (Lipinski definition) is 2. The Morgan fingerprint density at radius 2 is 1.68 bits per heavy atom. The Kier molecular flexibility index (Phi) is 5.08. The highest BCUT2D eigenvalue weighted by atomic mass is 32.2. The normalized spacial score (nSPS) is 11.2. The van der Waals surface area contributed by atoms with Crippen molar-refractivity contribution in [2.45, 2.75) is 4.90 Å². The molecule has 4 aromatic rings. The molecule has 11 heteroatoms. The van der Waals surface area contributed by atoms with E-state index >= 15 is 0 Å². The topological polar surface area (TPSA) is 87.7 Å². The van der Waals surface area contributed by atoms with E-state index in [0.717, 1.165) is 12.1 Å². The van der Waals surface area contributed by atoms with Crippen LogP contribution in [0.3, 0.4) is 0 Å². The van der Waals surface area contributed by atoms with Crippen LogP contribution in [0, 0.1) is 35.1 Å². The van der Waals surface area contributed by atoms with Gasteiger partial charge in [0.05, 0.1) is 22.3 Å². The number of rotatable bonds is 3. The molecular weight excluding hydrogens is 436 g/mol. The van der Waals surface area contributed by atoms with E-state index < -0.39 is 49.4 Å². The van der Waals surface area contributed by atoms with Crippen LogP contribution in [0.15, 0.2) is 53.7 Å². The van der Waals surface area contributed by atoms with E-state index in [9.17, 15) is 26.0 Å². The van der Waals surface area contributed by atoms with E-state index in [0.29, 0.717) is 34.8 Å². The average Bonchev–Trinajstić information content (AvgIpc) is 3.17. The van der Waals surface area contributed by atoms with Crippen LogP contribution in [0.25, 0.3) is 11.0 Å². The molecule has 2 heterocycles. The quantitative estimate of drug-likeness (QED) is 0.371. The minimum absolute atomic E-state index is 0.342. The van der Waals surface area contributed by atoms with Crippen molar-refractivity contribution in [3.05, 3.63) is 83.2 Å². The molecule has 0 atom stereocenters. The lowest BCUT2D eigenvalue weighted by Crippen LogP contribution is -2.15. The first-order valence-electron chi connectivity index (χ1n) is 8.51.